The van der Waals surface area contributed by atoms with E-state index in [-0.39, 0.29) is 11.5 Å². The van der Waals surface area contributed by atoms with Crippen molar-refractivity contribution in [1.82, 2.24) is 10.6 Å². The summed E-state index contributed by atoms with van der Waals surface area (Å²) < 4.78 is 0. The van der Waals surface area contributed by atoms with Gasteiger partial charge in [0.25, 0.3) is 0 Å². The number of carbonyl (C=O) groups excluding carboxylic acids is 1. The fraction of sp³-hybridized carbons (Fsp3) is 0.933. The second-order valence-electron chi connectivity index (χ2n) is 6.35. The van der Waals surface area contributed by atoms with Crippen molar-refractivity contribution in [1.29, 1.82) is 0 Å². The number of amides is 1. The molecule has 0 aromatic rings. The molecule has 0 bridgehead atoms. The molecule has 1 atom stereocenters. The maximum absolute atomic E-state index is 12.2. The molecule has 0 radical (unpaired) electrons. The summed E-state index contributed by atoms with van der Waals surface area (Å²) in [7, 11) is 0. The highest BCUT2D eigenvalue weighted by Crippen LogP contribution is 2.23. The minimum Gasteiger partial charge on any atom is -0.354 e. The molecular weight excluding hydrogens is 224 g/mol. The summed E-state index contributed by atoms with van der Waals surface area (Å²) in [5.41, 5.74) is 0.136. The standard InChI is InChI=1S/C15H28N2O/c1-15(10-7-11-17-15)12-16-14(18)13-8-5-3-2-4-6-9-13/h13,17H,2-12H2,1H3,(H,16,18). The Morgan fingerprint density at radius 2 is 1.83 bits per heavy atom. The molecule has 1 aliphatic heterocycles. The molecule has 3 heteroatoms. The van der Waals surface area contributed by atoms with E-state index in [0.29, 0.717) is 5.91 Å². The van der Waals surface area contributed by atoms with Gasteiger partial charge in [0.15, 0.2) is 0 Å². The van der Waals surface area contributed by atoms with Crippen LogP contribution in [0.3, 0.4) is 0 Å². The SMILES string of the molecule is CC1(CNC(=O)C2CCCCCCC2)CCCN1. The van der Waals surface area contributed by atoms with Crippen LogP contribution < -0.4 is 10.6 Å². The van der Waals surface area contributed by atoms with Crippen molar-refractivity contribution >= 4 is 5.91 Å². The Bertz CT molecular complexity index is 264. The number of hydrogen-bond donors (Lipinski definition) is 2. The molecule has 18 heavy (non-hydrogen) atoms. The van der Waals surface area contributed by atoms with Crippen molar-refractivity contribution in [2.24, 2.45) is 5.92 Å². The maximum Gasteiger partial charge on any atom is 0.223 e. The lowest BCUT2D eigenvalue weighted by Crippen LogP contribution is -2.48. The molecule has 2 N–H and O–H groups in total. The highest BCUT2D eigenvalue weighted by Gasteiger charge is 2.29. The zero-order valence-electron chi connectivity index (χ0n) is 11.8. The van der Waals surface area contributed by atoms with E-state index in [4.69, 9.17) is 0 Å². The van der Waals surface area contributed by atoms with Crippen LogP contribution in [-0.2, 0) is 4.79 Å². The van der Waals surface area contributed by atoms with Crippen LogP contribution in [0.1, 0.15) is 64.7 Å². The second-order valence-corrected chi connectivity index (χ2v) is 6.35. The fourth-order valence-corrected chi connectivity index (χ4v) is 3.25. The summed E-state index contributed by atoms with van der Waals surface area (Å²) in [5.74, 6) is 0.571. The van der Waals surface area contributed by atoms with E-state index in [2.05, 4.69) is 17.6 Å². The predicted molar refractivity (Wildman–Crippen MR) is 74.5 cm³/mol. The van der Waals surface area contributed by atoms with Crippen LogP contribution in [0.4, 0.5) is 0 Å². The third kappa shape index (κ3) is 3.98. The Kier molecular flexibility index (Phi) is 5.04. The number of carbonyl (C=O) groups is 1. The molecule has 2 fully saturated rings. The van der Waals surface area contributed by atoms with E-state index in [1.807, 2.05) is 0 Å². The van der Waals surface area contributed by atoms with Gasteiger partial charge in [0.05, 0.1) is 0 Å². The molecule has 2 aliphatic rings. The van der Waals surface area contributed by atoms with Gasteiger partial charge in [0.2, 0.25) is 5.91 Å². The summed E-state index contributed by atoms with van der Waals surface area (Å²) in [6, 6.07) is 0. The van der Waals surface area contributed by atoms with E-state index in [0.717, 1.165) is 25.9 Å². The Morgan fingerprint density at radius 3 is 2.44 bits per heavy atom. The first kappa shape index (κ1) is 13.9. The molecule has 1 aliphatic carbocycles. The summed E-state index contributed by atoms with van der Waals surface area (Å²) in [6.45, 7) is 4.11. The van der Waals surface area contributed by atoms with Gasteiger partial charge in [0, 0.05) is 18.0 Å². The number of nitrogens with one attached hydrogen (secondary N) is 2. The van der Waals surface area contributed by atoms with Gasteiger partial charge < -0.3 is 10.6 Å². The quantitative estimate of drug-likeness (QED) is 0.810. The lowest BCUT2D eigenvalue weighted by atomic mass is 9.90. The lowest BCUT2D eigenvalue weighted by molar-refractivity contribution is -0.125. The van der Waals surface area contributed by atoms with E-state index >= 15 is 0 Å². The first-order valence-electron chi connectivity index (χ1n) is 7.72. The van der Waals surface area contributed by atoms with Crippen molar-refractivity contribution < 1.29 is 4.79 Å². The minimum atomic E-state index is 0.136. The fourth-order valence-electron chi connectivity index (χ4n) is 3.25. The summed E-state index contributed by atoms with van der Waals surface area (Å²) in [6.07, 6.45) is 11.0. The zero-order valence-corrected chi connectivity index (χ0v) is 11.8. The third-order valence-electron chi connectivity index (χ3n) is 4.59. The third-order valence-corrected chi connectivity index (χ3v) is 4.59. The van der Waals surface area contributed by atoms with Gasteiger partial charge >= 0.3 is 0 Å². The van der Waals surface area contributed by atoms with Crippen LogP contribution in [0.2, 0.25) is 0 Å². The largest absolute Gasteiger partial charge is 0.354 e. The van der Waals surface area contributed by atoms with Gasteiger partial charge in [-0.1, -0.05) is 32.1 Å². The van der Waals surface area contributed by atoms with Crippen molar-refractivity contribution in [3.8, 4) is 0 Å². The normalized spacial score (nSPS) is 30.7. The molecule has 0 spiro atoms. The van der Waals surface area contributed by atoms with E-state index in [1.165, 1.54) is 44.9 Å². The van der Waals surface area contributed by atoms with Crippen LogP contribution in [0.15, 0.2) is 0 Å². The molecular formula is C15H28N2O. The molecule has 1 amide bonds. The van der Waals surface area contributed by atoms with Gasteiger partial charge in [-0.15, -0.1) is 0 Å². The average molecular weight is 252 g/mol. The molecule has 1 saturated heterocycles. The monoisotopic (exact) mass is 252 g/mol. The van der Waals surface area contributed by atoms with E-state index in [9.17, 15) is 4.79 Å². The Balaban J connectivity index is 1.75. The second kappa shape index (κ2) is 6.55. The van der Waals surface area contributed by atoms with E-state index < -0.39 is 0 Å². The topological polar surface area (TPSA) is 41.1 Å². The molecule has 1 unspecified atom stereocenters. The molecule has 1 heterocycles. The van der Waals surface area contributed by atoms with Gasteiger partial charge in [-0.05, 0) is 39.2 Å². The Morgan fingerprint density at radius 1 is 1.17 bits per heavy atom. The molecule has 3 nitrogen and oxygen atoms in total. The number of hydrogen-bond acceptors (Lipinski definition) is 2. The van der Waals surface area contributed by atoms with Crippen LogP contribution >= 0.6 is 0 Å². The number of rotatable bonds is 3. The van der Waals surface area contributed by atoms with Crippen molar-refractivity contribution in [2.75, 3.05) is 13.1 Å². The van der Waals surface area contributed by atoms with Gasteiger partial charge in [-0.25, -0.2) is 0 Å². The first-order valence-corrected chi connectivity index (χ1v) is 7.72. The van der Waals surface area contributed by atoms with Crippen molar-refractivity contribution in [3.05, 3.63) is 0 Å². The zero-order chi connectivity index (χ0) is 12.8. The average Bonchev–Trinajstić information content (AvgIpc) is 2.73. The minimum absolute atomic E-state index is 0.136. The molecule has 1 saturated carbocycles. The van der Waals surface area contributed by atoms with Gasteiger partial charge in [-0.3, -0.25) is 4.79 Å². The van der Waals surface area contributed by atoms with Gasteiger partial charge in [0.1, 0.15) is 0 Å². The first-order chi connectivity index (χ1) is 8.70. The lowest BCUT2D eigenvalue weighted by Gasteiger charge is -2.26. The molecule has 104 valence electrons. The molecule has 0 aromatic carbocycles. The predicted octanol–water partition coefficient (Wildman–Crippen LogP) is 2.61. The van der Waals surface area contributed by atoms with Crippen molar-refractivity contribution in [2.45, 2.75) is 70.3 Å². The molecule has 2 rings (SSSR count). The van der Waals surface area contributed by atoms with Crippen LogP contribution in [0.25, 0.3) is 0 Å². The van der Waals surface area contributed by atoms with E-state index in [1.54, 1.807) is 0 Å². The molecule has 0 aromatic heterocycles. The Hall–Kier alpha value is -0.570. The van der Waals surface area contributed by atoms with Crippen molar-refractivity contribution in [3.63, 3.8) is 0 Å². The van der Waals surface area contributed by atoms with Gasteiger partial charge in [-0.2, -0.15) is 0 Å². The maximum atomic E-state index is 12.2. The summed E-state index contributed by atoms with van der Waals surface area (Å²) in [4.78, 5) is 12.2. The van der Waals surface area contributed by atoms with Crippen LogP contribution in [0, 0.1) is 5.92 Å². The smallest absolute Gasteiger partial charge is 0.223 e. The Labute approximate surface area is 111 Å². The summed E-state index contributed by atoms with van der Waals surface area (Å²) >= 11 is 0. The summed E-state index contributed by atoms with van der Waals surface area (Å²) in [5, 5.41) is 6.68. The highest BCUT2D eigenvalue weighted by molar-refractivity contribution is 5.78. The van der Waals surface area contributed by atoms with Crippen LogP contribution in [-0.4, -0.2) is 24.5 Å². The highest BCUT2D eigenvalue weighted by atomic mass is 16.1. The van der Waals surface area contributed by atoms with Crippen LogP contribution in [0.5, 0.6) is 0 Å².